The van der Waals surface area contributed by atoms with Crippen LogP contribution in [0.3, 0.4) is 0 Å². The molecule has 2 N–H and O–H groups in total. The number of aromatic amines is 1. The molecule has 0 atom stereocenters. The number of aromatic nitrogens is 2. The molecule has 1 aromatic heterocycles. The molecule has 0 saturated heterocycles. The quantitative estimate of drug-likeness (QED) is 0.219. The number of esters is 1. The van der Waals surface area contributed by atoms with E-state index in [2.05, 4.69) is 10.3 Å². The largest absolute Gasteiger partial charge is 0.462 e. The number of hydrogen-bond acceptors (Lipinski definition) is 6. The molecule has 0 aliphatic carbocycles. The predicted octanol–water partition coefficient (Wildman–Crippen LogP) is 3.60. The minimum atomic E-state index is -3.91. The van der Waals surface area contributed by atoms with Gasteiger partial charge in [-0.25, -0.2) is 9.78 Å². The molecule has 0 aliphatic rings. The third-order valence-corrected chi connectivity index (χ3v) is 7.67. The summed E-state index contributed by atoms with van der Waals surface area (Å²) in [6.07, 6.45) is 0. The van der Waals surface area contributed by atoms with Crippen molar-refractivity contribution in [3.05, 3.63) is 84.4 Å². The number of ether oxygens (including phenoxy) is 1. The minimum Gasteiger partial charge on any atom is -0.462 e. The Morgan fingerprint density at radius 2 is 1.65 bits per heavy atom. The van der Waals surface area contributed by atoms with Gasteiger partial charge in [-0.05, 0) is 55.1 Å². The van der Waals surface area contributed by atoms with E-state index < -0.39 is 21.9 Å². The van der Waals surface area contributed by atoms with E-state index in [-0.39, 0.29) is 22.8 Å². The number of nitrogens with zero attached hydrogens (tertiary/aromatic N) is 1. The van der Waals surface area contributed by atoms with Gasteiger partial charge >= 0.3 is 21.1 Å². The number of thioether (sulfide) groups is 1. The van der Waals surface area contributed by atoms with E-state index >= 15 is 0 Å². The van der Waals surface area contributed by atoms with Gasteiger partial charge in [0.05, 0.1) is 23.6 Å². The number of carbonyl (C=O) groups is 2. The first-order chi connectivity index (χ1) is 16.4. The molecule has 174 valence electrons. The number of anilines is 1. The average molecular weight is 497 g/mol. The molecule has 34 heavy (non-hydrogen) atoms. The van der Waals surface area contributed by atoms with Crippen LogP contribution in [0, 0.1) is 0 Å². The Morgan fingerprint density at radius 3 is 2.41 bits per heavy atom. The van der Waals surface area contributed by atoms with Crippen LogP contribution in [0.1, 0.15) is 17.3 Å². The molecule has 0 radical (unpaired) electrons. The lowest BCUT2D eigenvalue weighted by Crippen LogP contribution is -2.44. The maximum atomic E-state index is 13.4. The molecule has 3 aromatic carbocycles. The van der Waals surface area contributed by atoms with Crippen molar-refractivity contribution in [2.24, 2.45) is 0 Å². The number of para-hydroxylation sites is 3. The van der Waals surface area contributed by atoms with Crippen molar-refractivity contribution in [3.63, 3.8) is 0 Å². The van der Waals surface area contributed by atoms with E-state index in [9.17, 15) is 18.0 Å². The standard InChI is InChI=1S/C24H21N3O5S2/c1-2-32-23(29)18-12-6-7-13-19(18)25-22(28)16-33-24-26-20-14-8-9-15-21(20)27(24)34(30,31)17-10-4-3-5-11-17/h3-15H,2,16H2,1H3,(H,25,28,29)/p+1. The summed E-state index contributed by atoms with van der Waals surface area (Å²) in [4.78, 5) is 28.1. The molecule has 1 amide bonds. The Morgan fingerprint density at radius 1 is 0.971 bits per heavy atom. The van der Waals surface area contributed by atoms with Gasteiger partial charge in [-0.1, -0.05) is 42.5 Å². The minimum absolute atomic E-state index is 0.0890. The lowest BCUT2D eigenvalue weighted by molar-refractivity contribution is -0.526. The van der Waals surface area contributed by atoms with Gasteiger partial charge in [0, 0.05) is 0 Å². The van der Waals surface area contributed by atoms with Crippen LogP contribution in [0.4, 0.5) is 5.69 Å². The first kappa shape index (κ1) is 23.5. The van der Waals surface area contributed by atoms with Crippen molar-refractivity contribution >= 4 is 50.4 Å². The SMILES string of the molecule is CCOC(=O)c1ccccc1NC(=O)CSc1[nH]c2ccccc2[n+]1S(=O)(=O)c1ccccc1. The number of rotatable bonds is 8. The molecule has 1 heterocycles. The first-order valence-corrected chi connectivity index (χ1v) is 12.9. The number of H-pyrrole nitrogens is 1. The lowest BCUT2D eigenvalue weighted by Gasteiger charge is -2.10. The fourth-order valence-corrected chi connectivity index (χ4v) is 5.95. The van der Waals surface area contributed by atoms with Crippen LogP contribution in [-0.2, 0) is 19.6 Å². The number of benzene rings is 3. The number of carbonyl (C=O) groups excluding carboxylic acids is 2. The summed E-state index contributed by atoms with van der Waals surface area (Å²) in [5.74, 6) is -1.02. The van der Waals surface area contributed by atoms with E-state index in [0.717, 1.165) is 11.8 Å². The summed E-state index contributed by atoms with van der Waals surface area (Å²) < 4.78 is 33.1. The highest BCUT2D eigenvalue weighted by molar-refractivity contribution is 8.00. The molecule has 10 heteroatoms. The van der Waals surface area contributed by atoms with Crippen molar-refractivity contribution < 1.29 is 26.7 Å². The molecule has 0 bridgehead atoms. The van der Waals surface area contributed by atoms with Crippen molar-refractivity contribution in [3.8, 4) is 0 Å². The average Bonchev–Trinajstić information content (AvgIpc) is 3.23. The highest BCUT2D eigenvalue weighted by Crippen LogP contribution is 2.22. The zero-order valence-corrected chi connectivity index (χ0v) is 19.9. The third kappa shape index (κ3) is 4.82. The Labute approximate surface area is 201 Å². The number of hydrogen-bond donors (Lipinski definition) is 2. The van der Waals surface area contributed by atoms with E-state index in [0.29, 0.717) is 21.9 Å². The smallest absolute Gasteiger partial charge is 0.340 e. The molecular weight excluding hydrogens is 474 g/mol. The predicted molar refractivity (Wildman–Crippen MR) is 129 cm³/mol. The summed E-state index contributed by atoms with van der Waals surface area (Å²) >= 11 is 1.05. The lowest BCUT2D eigenvalue weighted by atomic mass is 10.2. The number of imidazole rings is 1. The van der Waals surface area contributed by atoms with Gasteiger partial charge in [0.15, 0.2) is 11.0 Å². The van der Waals surface area contributed by atoms with Crippen LogP contribution in [0.25, 0.3) is 11.0 Å². The summed E-state index contributed by atoms with van der Waals surface area (Å²) in [5.41, 5.74) is 1.67. The van der Waals surface area contributed by atoms with Crippen molar-refractivity contribution in [2.45, 2.75) is 17.0 Å². The van der Waals surface area contributed by atoms with Gasteiger partial charge in [-0.15, -0.1) is 3.97 Å². The van der Waals surface area contributed by atoms with Crippen LogP contribution in [0.15, 0.2) is 88.9 Å². The van der Waals surface area contributed by atoms with Crippen LogP contribution in [0.5, 0.6) is 0 Å². The van der Waals surface area contributed by atoms with E-state index in [4.69, 9.17) is 4.74 Å². The van der Waals surface area contributed by atoms with Gasteiger partial charge < -0.3 is 10.1 Å². The van der Waals surface area contributed by atoms with Crippen LogP contribution in [0.2, 0.25) is 0 Å². The maximum absolute atomic E-state index is 13.4. The van der Waals surface area contributed by atoms with Gasteiger partial charge in [0.1, 0.15) is 4.90 Å². The number of nitrogens with one attached hydrogen (secondary N) is 2. The summed E-state index contributed by atoms with van der Waals surface area (Å²) in [6.45, 7) is 1.92. The van der Waals surface area contributed by atoms with E-state index in [1.807, 2.05) is 0 Å². The second-order valence-corrected chi connectivity index (χ2v) is 9.88. The number of fused-ring (bicyclic) bond motifs is 1. The molecule has 8 nitrogen and oxygen atoms in total. The van der Waals surface area contributed by atoms with Crippen LogP contribution < -0.4 is 9.29 Å². The van der Waals surface area contributed by atoms with Gasteiger partial charge in [0.2, 0.25) is 5.91 Å². The van der Waals surface area contributed by atoms with Gasteiger partial charge in [-0.2, -0.15) is 8.42 Å². The molecule has 4 aromatic rings. The highest BCUT2D eigenvalue weighted by atomic mass is 32.2. The molecule has 4 rings (SSSR count). The molecule has 0 unspecified atom stereocenters. The molecule has 0 aliphatic heterocycles. The fourth-order valence-electron chi connectivity index (χ4n) is 3.36. The Balaban J connectivity index is 1.60. The first-order valence-electron chi connectivity index (χ1n) is 10.4. The fraction of sp³-hybridized carbons (Fsp3) is 0.125. The van der Waals surface area contributed by atoms with Crippen LogP contribution >= 0.6 is 11.8 Å². The molecule has 0 spiro atoms. The zero-order chi connectivity index (χ0) is 24.1. The normalized spacial score (nSPS) is 11.3. The Kier molecular flexibility index (Phi) is 6.99. The third-order valence-electron chi connectivity index (χ3n) is 4.87. The van der Waals surface area contributed by atoms with Crippen LogP contribution in [-0.4, -0.2) is 37.6 Å². The summed E-state index contributed by atoms with van der Waals surface area (Å²) in [7, 11) is -3.91. The highest BCUT2D eigenvalue weighted by Gasteiger charge is 2.32. The van der Waals surface area contributed by atoms with Crippen molar-refractivity contribution in [2.75, 3.05) is 17.7 Å². The van der Waals surface area contributed by atoms with E-state index in [1.54, 1.807) is 73.7 Å². The van der Waals surface area contributed by atoms with Crippen molar-refractivity contribution in [1.82, 2.24) is 4.98 Å². The van der Waals surface area contributed by atoms with Gasteiger partial charge in [-0.3, -0.25) is 4.79 Å². The Bertz CT molecular complexity index is 1450. The number of amides is 1. The van der Waals surface area contributed by atoms with E-state index in [1.165, 1.54) is 16.1 Å². The monoisotopic (exact) mass is 496 g/mol. The molecule has 0 saturated carbocycles. The second-order valence-electron chi connectivity index (χ2n) is 7.13. The van der Waals surface area contributed by atoms with Gasteiger partial charge in [0.25, 0.3) is 0 Å². The topological polar surface area (TPSA) is 109 Å². The summed E-state index contributed by atoms with van der Waals surface area (Å²) in [6, 6.07) is 21.7. The Hall–Kier alpha value is -3.63. The molecule has 0 fully saturated rings. The molecular formula is C24H22N3O5S2+. The second kappa shape index (κ2) is 10.1. The van der Waals surface area contributed by atoms with Crippen molar-refractivity contribution in [1.29, 1.82) is 0 Å². The zero-order valence-electron chi connectivity index (χ0n) is 18.2. The maximum Gasteiger partial charge on any atom is 0.340 e. The summed E-state index contributed by atoms with van der Waals surface area (Å²) in [5, 5.41) is 3.00.